The third-order valence-electron chi connectivity index (χ3n) is 5.59. The van der Waals surface area contributed by atoms with Crippen molar-refractivity contribution in [2.24, 2.45) is 0 Å². The predicted octanol–water partition coefficient (Wildman–Crippen LogP) is 4.35. The number of aromatic nitrogens is 2. The number of nitrogens with one attached hydrogen (secondary N) is 1. The number of methoxy groups -OCH3 is 1. The summed E-state index contributed by atoms with van der Waals surface area (Å²) in [6, 6.07) is 20.6. The van der Waals surface area contributed by atoms with Crippen LogP contribution in [0.2, 0.25) is 0 Å². The van der Waals surface area contributed by atoms with Gasteiger partial charge in [-0.2, -0.15) is 0 Å². The number of ketones is 1. The molecule has 4 rings (SSSR count). The number of non-ortho nitro benzene ring substituents is 1. The van der Waals surface area contributed by atoms with Gasteiger partial charge in [0.05, 0.1) is 40.5 Å². The van der Waals surface area contributed by atoms with E-state index in [2.05, 4.69) is 10.3 Å². The largest absolute Gasteiger partial charge is 0.495 e. The Hall–Kier alpha value is -4.18. The van der Waals surface area contributed by atoms with Gasteiger partial charge in [-0.05, 0) is 37.1 Å². The molecule has 0 aliphatic heterocycles. The van der Waals surface area contributed by atoms with E-state index in [1.165, 1.54) is 30.8 Å². The molecule has 0 saturated heterocycles. The molecule has 0 radical (unpaired) electrons. The molecule has 0 bridgehead atoms. The maximum atomic E-state index is 12.8. The summed E-state index contributed by atoms with van der Waals surface area (Å²) in [5.41, 5.74) is 2.62. The molecule has 1 amide bonds. The summed E-state index contributed by atoms with van der Waals surface area (Å²) in [5, 5.41) is 14.6. The molecule has 1 heterocycles. The number of benzene rings is 3. The zero-order valence-corrected chi connectivity index (χ0v) is 20.5. The number of ether oxygens (including phenoxy) is 1. The number of hydrogen-bond donors (Lipinski definition) is 1. The molecule has 10 heteroatoms. The predicted molar refractivity (Wildman–Crippen MR) is 138 cm³/mol. The smallest absolute Gasteiger partial charge is 0.271 e. The topological polar surface area (TPSA) is 116 Å². The number of carbonyl (C=O) groups is 2. The summed E-state index contributed by atoms with van der Waals surface area (Å²) in [6.45, 7) is 1.45. The van der Waals surface area contributed by atoms with Crippen molar-refractivity contribution in [3.63, 3.8) is 0 Å². The van der Waals surface area contributed by atoms with Crippen LogP contribution in [0.1, 0.15) is 12.5 Å². The van der Waals surface area contributed by atoms with E-state index in [0.29, 0.717) is 34.0 Å². The molecule has 36 heavy (non-hydrogen) atoms. The van der Waals surface area contributed by atoms with Gasteiger partial charge in [-0.25, -0.2) is 4.98 Å². The van der Waals surface area contributed by atoms with Crippen LogP contribution in [-0.2, 0) is 16.0 Å². The second kappa shape index (κ2) is 11.0. The molecule has 1 atom stereocenters. The van der Waals surface area contributed by atoms with E-state index in [1.807, 2.05) is 53.1 Å². The zero-order valence-electron chi connectivity index (χ0n) is 19.7. The van der Waals surface area contributed by atoms with E-state index in [0.717, 1.165) is 5.56 Å². The SMILES string of the molecule is COc1ccccc1-n1c(SCC(=O)N[C@@H](Cc2ccccc2)C(C)=O)nc2cc([N+](=O)[O-])ccc21. The minimum Gasteiger partial charge on any atom is -0.495 e. The highest BCUT2D eigenvalue weighted by atomic mass is 32.2. The van der Waals surface area contributed by atoms with E-state index in [9.17, 15) is 19.7 Å². The van der Waals surface area contributed by atoms with Gasteiger partial charge >= 0.3 is 0 Å². The number of imidazole rings is 1. The lowest BCUT2D eigenvalue weighted by atomic mass is 10.0. The van der Waals surface area contributed by atoms with E-state index < -0.39 is 11.0 Å². The molecule has 3 aromatic carbocycles. The highest BCUT2D eigenvalue weighted by Crippen LogP contribution is 2.33. The molecule has 0 aliphatic carbocycles. The van der Waals surface area contributed by atoms with Crippen LogP contribution in [0.15, 0.2) is 78.0 Å². The summed E-state index contributed by atoms with van der Waals surface area (Å²) in [7, 11) is 1.55. The number of nitrogens with zero attached hydrogens (tertiary/aromatic N) is 3. The fraction of sp³-hybridized carbons (Fsp3) is 0.192. The van der Waals surface area contributed by atoms with Gasteiger partial charge in [0.25, 0.3) is 5.69 Å². The Balaban J connectivity index is 1.61. The highest BCUT2D eigenvalue weighted by Gasteiger charge is 2.21. The fourth-order valence-corrected chi connectivity index (χ4v) is 4.65. The summed E-state index contributed by atoms with van der Waals surface area (Å²) in [6.07, 6.45) is 0.399. The van der Waals surface area contributed by atoms with Crippen molar-refractivity contribution in [3.05, 3.63) is 88.5 Å². The molecular formula is C26H24N4O5S. The molecule has 4 aromatic rings. The van der Waals surface area contributed by atoms with Crippen molar-refractivity contribution in [3.8, 4) is 11.4 Å². The van der Waals surface area contributed by atoms with Crippen LogP contribution in [0.4, 0.5) is 5.69 Å². The van der Waals surface area contributed by atoms with Crippen LogP contribution in [0.3, 0.4) is 0 Å². The number of fused-ring (bicyclic) bond motifs is 1. The molecule has 0 unspecified atom stereocenters. The fourth-order valence-electron chi connectivity index (χ4n) is 3.82. The third kappa shape index (κ3) is 5.55. The van der Waals surface area contributed by atoms with E-state index in [-0.39, 0.29) is 23.1 Å². The number of nitro benzene ring substituents is 1. The first-order valence-electron chi connectivity index (χ1n) is 11.1. The van der Waals surface area contributed by atoms with Crippen molar-refractivity contribution in [2.45, 2.75) is 24.5 Å². The second-order valence-electron chi connectivity index (χ2n) is 8.04. The summed E-state index contributed by atoms with van der Waals surface area (Å²) in [4.78, 5) is 40.4. The van der Waals surface area contributed by atoms with Gasteiger partial charge < -0.3 is 10.1 Å². The number of Topliss-reactive ketones (excluding diaryl/α,β-unsaturated/α-hetero) is 1. The number of thioether (sulfide) groups is 1. The lowest BCUT2D eigenvalue weighted by Crippen LogP contribution is -2.42. The quantitative estimate of drug-likeness (QED) is 0.194. The molecule has 0 fully saturated rings. The van der Waals surface area contributed by atoms with Gasteiger partial charge in [-0.1, -0.05) is 54.2 Å². The Kier molecular flexibility index (Phi) is 7.65. The first-order valence-corrected chi connectivity index (χ1v) is 12.1. The third-order valence-corrected chi connectivity index (χ3v) is 6.52. The number of nitro groups is 1. The second-order valence-corrected chi connectivity index (χ2v) is 8.98. The van der Waals surface area contributed by atoms with E-state index in [4.69, 9.17) is 4.74 Å². The van der Waals surface area contributed by atoms with Crippen molar-refractivity contribution >= 4 is 40.2 Å². The number of hydrogen-bond acceptors (Lipinski definition) is 7. The van der Waals surface area contributed by atoms with Crippen LogP contribution in [-0.4, -0.2) is 45.1 Å². The molecule has 9 nitrogen and oxygen atoms in total. The van der Waals surface area contributed by atoms with Crippen LogP contribution in [0.5, 0.6) is 5.75 Å². The minimum atomic E-state index is -0.642. The van der Waals surface area contributed by atoms with Crippen molar-refractivity contribution in [1.82, 2.24) is 14.9 Å². The zero-order chi connectivity index (χ0) is 25.7. The normalized spacial score (nSPS) is 11.7. The molecule has 1 aromatic heterocycles. The summed E-state index contributed by atoms with van der Waals surface area (Å²) in [5.74, 6) is 0.131. The molecule has 184 valence electrons. The number of carbonyl (C=O) groups excluding carboxylic acids is 2. The Bertz CT molecular complexity index is 1420. The molecule has 0 aliphatic rings. The van der Waals surface area contributed by atoms with Crippen LogP contribution >= 0.6 is 11.8 Å². The van der Waals surface area contributed by atoms with Crippen LogP contribution < -0.4 is 10.1 Å². The molecule has 1 N–H and O–H groups in total. The minimum absolute atomic E-state index is 0.000859. The van der Waals surface area contributed by atoms with Crippen LogP contribution in [0, 0.1) is 10.1 Å². The van der Waals surface area contributed by atoms with Crippen molar-refractivity contribution in [1.29, 1.82) is 0 Å². The highest BCUT2D eigenvalue weighted by molar-refractivity contribution is 7.99. The van der Waals surface area contributed by atoms with E-state index >= 15 is 0 Å². The molecular weight excluding hydrogens is 480 g/mol. The first-order chi connectivity index (χ1) is 17.4. The Morgan fingerprint density at radius 1 is 1.11 bits per heavy atom. The monoisotopic (exact) mass is 504 g/mol. The number of rotatable bonds is 10. The van der Waals surface area contributed by atoms with Gasteiger partial charge in [-0.15, -0.1) is 0 Å². The Labute approximate surface area is 211 Å². The number of para-hydroxylation sites is 2. The van der Waals surface area contributed by atoms with Crippen molar-refractivity contribution < 1.29 is 19.2 Å². The first kappa shape index (κ1) is 24.9. The molecule has 0 spiro atoms. The number of amides is 1. The lowest BCUT2D eigenvalue weighted by Gasteiger charge is -2.16. The van der Waals surface area contributed by atoms with Gasteiger partial charge in [0.2, 0.25) is 5.91 Å². The Morgan fingerprint density at radius 2 is 1.83 bits per heavy atom. The van der Waals surface area contributed by atoms with Gasteiger partial charge in [-0.3, -0.25) is 24.3 Å². The summed E-state index contributed by atoms with van der Waals surface area (Å²) < 4.78 is 7.32. The van der Waals surface area contributed by atoms with Gasteiger partial charge in [0.1, 0.15) is 5.75 Å². The van der Waals surface area contributed by atoms with Gasteiger partial charge in [0, 0.05) is 12.1 Å². The lowest BCUT2D eigenvalue weighted by molar-refractivity contribution is -0.384. The maximum absolute atomic E-state index is 12.8. The summed E-state index contributed by atoms with van der Waals surface area (Å²) >= 11 is 1.17. The average molecular weight is 505 g/mol. The standard InChI is InChI=1S/C26H24N4O5S/c1-17(31)20(14-18-8-4-3-5-9-18)27-25(32)16-36-26-28-21-15-19(30(33)34)12-13-22(21)29(26)23-10-6-7-11-24(23)35-2/h3-13,15,20H,14,16H2,1-2H3,(H,27,32)/t20-/m0/s1. The maximum Gasteiger partial charge on any atom is 0.271 e. The molecule has 0 saturated carbocycles. The van der Waals surface area contributed by atoms with E-state index in [1.54, 1.807) is 19.2 Å². The Morgan fingerprint density at radius 3 is 2.53 bits per heavy atom. The van der Waals surface area contributed by atoms with Gasteiger partial charge in [0.15, 0.2) is 10.9 Å². The average Bonchev–Trinajstić information content (AvgIpc) is 3.25. The van der Waals surface area contributed by atoms with Crippen LogP contribution in [0.25, 0.3) is 16.7 Å². The van der Waals surface area contributed by atoms with Crippen molar-refractivity contribution in [2.75, 3.05) is 12.9 Å².